The number of hydrogen-bond donors (Lipinski definition) is 0. The predicted molar refractivity (Wildman–Crippen MR) is 114 cm³/mol. The van der Waals surface area contributed by atoms with Crippen molar-refractivity contribution in [3.63, 3.8) is 0 Å². The minimum Gasteiger partial charge on any atom is -0.473 e. The second-order valence-electron chi connectivity index (χ2n) is 8.68. The van der Waals surface area contributed by atoms with Gasteiger partial charge in [0.2, 0.25) is 5.88 Å². The molecule has 0 N–H and O–H groups in total. The maximum Gasteiger partial charge on any atom is 0.233 e. The van der Waals surface area contributed by atoms with Crippen molar-refractivity contribution in [2.75, 3.05) is 13.1 Å². The van der Waals surface area contributed by atoms with E-state index in [0.29, 0.717) is 17.7 Å². The monoisotopic (exact) mass is 404 g/mol. The number of fused-ring (bicyclic) bond motifs is 1. The van der Waals surface area contributed by atoms with Gasteiger partial charge in [0.15, 0.2) is 0 Å². The van der Waals surface area contributed by atoms with Gasteiger partial charge in [-0.3, -0.25) is 14.6 Å². The van der Waals surface area contributed by atoms with Crippen molar-refractivity contribution in [3.05, 3.63) is 53.5 Å². The Morgan fingerprint density at radius 1 is 1.07 bits per heavy atom. The summed E-state index contributed by atoms with van der Waals surface area (Å²) in [4.78, 5) is 7.09. The third kappa shape index (κ3) is 3.58. The van der Waals surface area contributed by atoms with Crippen molar-refractivity contribution in [2.45, 2.75) is 39.3 Å². The van der Waals surface area contributed by atoms with Crippen molar-refractivity contribution in [3.8, 4) is 17.3 Å². The van der Waals surface area contributed by atoms with Crippen LogP contribution in [-0.2, 0) is 13.6 Å². The molecule has 1 aliphatic carbocycles. The standard InChI is InChI=1S/C23H28N6O/c1-15-5-4-10-24-20(15)14-29-12-17-6-8-21(18(17)13-29)30-22-9-7-19(26-27-22)23-16(2)11-25-28(23)3/h4-5,7,9-11,17-18,21H,6,8,12-14H2,1-3H3. The van der Waals surface area contributed by atoms with Gasteiger partial charge in [0.05, 0.1) is 17.6 Å². The molecule has 0 spiro atoms. The summed E-state index contributed by atoms with van der Waals surface area (Å²) >= 11 is 0. The zero-order valence-electron chi connectivity index (χ0n) is 17.8. The molecule has 0 aromatic carbocycles. The number of pyridine rings is 1. The largest absolute Gasteiger partial charge is 0.473 e. The van der Waals surface area contributed by atoms with Crippen LogP contribution >= 0.6 is 0 Å². The van der Waals surface area contributed by atoms with Crippen LogP contribution in [0.1, 0.15) is 29.7 Å². The Hall–Kier alpha value is -2.80. The molecule has 2 fully saturated rings. The number of aromatic nitrogens is 5. The van der Waals surface area contributed by atoms with Crippen LogP contribution in [0.15, 0.2) is 36.7 Å². The van der Waals surface area contributed by atoms with Crippen LogP contribution in [0, 0.1) is 25.7 Å². The molecule has 3 unspecified atom stereocenters. The molecular formula is C23H28N6O. The van der Waals surface area contributed by atoms with Crippen LogP contribution in [0.4, 0.5) is 0 Å². The molecule has 4 heterocycles. The molecule has 1 saturated carbocycles. The highest BCUT2D eigenvalue weighted by Gasteiger charge is 2.44. The van der Waals surface area contributed by atoms with Gasteiger partial charge in [0.25, 0.3) is 0 Å². The first-order valence-electron chi connectivity index (χ1n) is 10.7. The van der Waals surface area contributed by atoms with E-state index in [1.54, 1.807) is 0 Å². The van der Waals surface area contributed by atoms with E-state index in [-0.39, 0.29) is 6.10 Å². The van der Waals surface area contributed by atoms with Crippen molar-refractivity contribution in [1.82, 2.24) is 29.9 Å². The predicted octanol–water partition coefficient (Wildman–Crippen LogP) is 3.18. The van der Waals surface area contributed by atoms with Crippen LogP contribution in [-0.4, -0.2) is 49.1 Å². The minimum atomic E-state index is 0.211. The fraction of sp³-hybridized carbons (Fsp3) is 0.478. The lowest BCUT2D eigenvalue weighted by atomic mass is 9.99. The highest BCUT2D eigenvalue weighted by Crippen LogP contribution is 2.40. The molecule has 156 valence electrons. The molecular weight excluding hydrogens is 376 g/mol. The lowest BCUT2D eigenvalue weighted by Crippen LogP contribution is -2.28. The molecule has 1 saturated heterocycles. The summed E-state index contributed by atoms with van der Waals surface area (Å²) in [7, 11) is 1.92. The number of rotatable bonds is 5. The number of likely N-dealkylation sites (tertiary alicyclic amines) is 1. The summed E-state index contributed by atoms with van der Waals surface area (Å²) < 4.78 is 8.14. The lowest BCUT2D eigenvalue weighted by Gasteiger charge is -2.21. The first-order valence-corrected chi connectivity index (χ1v) is 10.7. The van der Waals surface area contributed by atoms with E-state index in [2.05, 4.69) is 38.2 Å². The first kappa shape index (κ1) is 19.2. The Morgan fingerprint density at radius 2 is 1.97 bits per heavy atom. The first-order chi connectivity index (χ1) is 14.6. The van der Waals surface area contributed by atoms with Gasteiger partial charge in [-0.25, -0.2) is 0 Å². The smallest absolute Gasteiger partial charge is 0.233 e. The van der Waals surface area contributed by atoms with Gasteiger partial charge < -0.3 is 4.74 Å². The van der Waals surface area contributed by atoms with Crippen molar-refractivity contribution in [2.24, 2.45) is 18.9 Å². The molecule has 0 amide bonds. The van der Waals surface area contributed by atoms with Crippen LogP contribution in [0.25, 0.3) is 11.4 Å². The van der Waals surface area contributed by atoms with Crippen molar-refractivity contribution >= 4 is 0 Å². The molecule has 7 nitrogen and oxygen atoms in total. The minimum absolute atomic E-state index is 0.211. The number of aryl methyl sites for hydroxylation is 3. The molecule has 3 aromatic rings. The van der Waals surface area contributed by atoms with Crippen molar-refractivity contribution in [1.29, 1.82) is 0 Å². The van der Waals surface area contributed by atoms with E-state index in [9.17, 15) is 0 Å². The van der Waals surface area contributed by atoms with E-state index in [1.807, 2.05) is 49.2 Å². The van der Waals surface area contributed by atoms with Gasteiger partial charge >= 0.3 is 0 Å². The van der Waals surface area contributed by atoms with Crippen LogP contribution < -0.4 is 4.74 Å². The normalized spacial score (nSPS) is 23.6. The van der Waals surface area contributed by atoms with Crippen LogP contribution in [0.2, 0.25) is 0 Å². The molecule has 0 bridgehead atoms. The van der Waals surface area contributed by atoms with Gasteiger partial charge in [-0.1, -0.05) is 6.07 Å². The topological polar surface area (TPSA) is 69.0 Å². The second kappa shape index (κ2) is 7.80. The van der Waals surface area contributed by atoms with E-state index < -0.39 is 0 Å². The second-order valence-corrected chi connectivity index (χ2v) is 8.68. The summed E-state index contributed by atoms with van der Waals surface area (Å²) in [5.74, 6) is 1.86. The number of hydrogen-bond acceptors (Lipinski definition) is 6. The summed E-state index contributed by atoms with van der Waals surface area (Å²) in [5.41, 5.74) is 5.35. The highest BCUT2D eigenvalue weighted by molar-refractivity contribution is 5.58. The molecule has 0 radical (unpaired) electrons. The zero-order valence-corrected chi connectivity index (χ0v) is 17.8. The summed E-state index contributed by atoms with van der Waals surface area (Å²) in [6, 6.07) is 8.06. The van der Waals surface area contributed by atoms with Gasteiger partial charge in [0.1, 0.15) is 11.8 Å². The van der Waals surface area contributed by atoms with Crippen molar-refractivity contribution < 1.29 is 4.74 Å². The molecule has 5 rings (SSSR count). The number of nitrogens with zero attached hydrogens (tertiary/aromatic N) is 6. The number of ether oxygens (including phenoxy) is 1. The fourth-order valence-electron chi connectivity index (χ4n) is 5.06. The average Bonchev–Trinajstić information content (AvgIpc) is 3.40. The Labute approximate surface area is 177 Å². The van der Waals surface area contributed by atoms with E-state index in [0.717, 1.165) is 43.0 Å². The third-order valence-electron chi connectivity index (χ3n) is 6.63. The molecule has 3 aromatic heterocycles. The Morgan fingerprint density at radius 3 is 2.70 bits per heavy atom. The van der Waals surface area contributed by atoms with E-state index in [4.69, 9.17) is 4.74 Å². The van der Waals surface area contributed by atoms with Gasteiger partial charge in [-0.15, -0.1) is 10.2 Å². The van der Waals surface area contributed by atoms with Crippen LogP contribution in [0.5, 0.6) is 5.88 Å². The van der Waals surface area contributed by atoms with Gasteiger partial charge in [-0.05, 0) is 55.9 Å². The van der Waals surface area contributed by atoms with Gasteiger partial charge in [-0.2, -0.15) is 5.10 Å². The Balaban J connectivity index is 1.24. The van der Waals surface area contributed by atoms with Gasteiger partial charge in [0, 0.05) is 44.9 Å². The van der Waals surface area contributed by atoms with Crippen LogP contribution in [0.3, 0.4) is 0 Å². The summed E-state index contributed by atoms with van der Waals surface area (Å²) in [6.07, 6.45) is 6.25. The average molecular weight is 405 g/mol. The van der Waals surface area contributed by atoms with E-state index in [1.165, 1.54) is 17.7 Å². The fourth-order valence-corrected chi connectivity index (χ4v) is 5.06. The molecule has 30 heavy (non-hydrogen) atoms. The quantitative estimate of drug-likeness (QED) is 0.651. The summed E-state index contributed by atoms with van der Waals surface area (Å²) in [5, 5.41) is 13.0. The maximum absolute atomic E-state index is 6.31. The SMILES string of the molecule is Cc1cccnc1CN1CC2CCC(Oc3ccc(-c4c(C)cnn4C)nn3)C2C1. The molecule has 3 atom stereocenters. The Kier molecular flexibility index (Phi) is 4.98. The molecule has 1 aliphatic heterocycles. The highest BCUT2D eigenvalue weighted by atomic mass is 16.5. The third-order valence-corrected chi connectivity index (χ3v) is 6.63. The summed E-state index contributed by atoms with van der Waals surface area (Å²) in [6.45, 7) is 7.28. The Bertz CT molecular complexity index is 1010. The zero-order chi connectivity index (χ0) is 20.7. The van der Waals surface area contributed by atoms with E-state index >= 15 is 0 Å². The molecule has 7 heteroatoms. The maximum atomic E-state index is 6.31. The molecule has 2 aliphatic rings. The lowest BCUT2D eigenvalue weighted by molar-refractivity contribution is 0.140.